The van der Waals surface area contributed by atoms with Crippen molar-refractivity contribution < 1.29 is 18.3 Å². The number of rotatable bonds is 9. The number of benzene rings is 3. The number of sulfonamides is 1. The van der Waals surface area contributed by atoms with Crippen LogP contribution in [0.2, 0.25) is 0 Å². The number of nitrogens with zero attached hydrogens (tertiary/aromatic N) is 2. The van der Waals surface area contributed by atoms with Crippen LogP contribution >= 0.6 is 0 Å². The molecule has 1 spiro atoms. The molecule has 0 aromatic heterocycles. The molecule has 1 unspecified atom stereocenters. The second kappa shape index (κ2) is 10.8. The molecule has 0 amide bonds. The van der Waals surface area contributed by atoms with E-state index in [-0.39, 0.29) is 29.2 Å². The standard InChI is InChI=1S/C35H42N2O4S/c1-24(2)21-37(42(39,40)23-25-10-5-3-6-11-25)29-17-16-28-30-20-27-14-9-15-32-33(27)35(28,34(29)41-32)18-19-36(30)22-31(38)26-12-7-4-8-13-26/h3-15,24,28-31,34,38H,16-23H2,1-2H3/t28-,29-,30+,31?,34-,35-/m0/s1. The second-order valence-corrected chi connectivity index (χ2v) is 15.2. The minimum absolute atomic E-state index is 0.00614. The van der Waals surface area contributed by atoms with Crippen LogP contribution in [0.5, 0.6) is 5.75 Å². The Balaban J connectivity index is 1.24. The number of β-amino-alcohol motifs (C(OH)–C–C–N with tert-alkyl or cyclic N) is 1. The van der Waals surface area contributed by atoms with E-state index in [4.69, 9.17) is 4.74 Å². The molecule has 42 heavy (non-hydrogen) atoms. The Hall–Kier alpha value is -2.71. The average Bonchev–Trinajstić information content (AvgIpc) is 3.32. The monoisotopic (exact) mass is 586 g/mol. The molecule has 3 aromatic rings. The Morgan fingerprint density at radius 2 is 1.74 bits per heavy atom. The quantitative estimate of drug-likeness (QED) is 0.368. The van der Waals surface area contributed by atoms with E-state index in [2.05, 4.69) is 36.9 Å². The predicted molar refractivity (Wildman–Crippen MR) is 165 cm³/mol. The molecule has 0 radical (unpaired) electrons. The number of piperidine rings is 1. The molecule has 6 nitrogen and oxygen atoms in total. The largest absolute Gasteiger partial charge is 0.487 e. The van der Waals surface area contributed by atoms with Crippen molar-refractivity contribution >= 4 is 10.0 Å². The topological polar surface area (TPSA) is 70.1 Å². The summed E-state index contributed by atoms with van der Waals surface area (Å²) in [4.78, 5) is 2.51. The fourth-order valence-corrected chi connectivity index (χ4v) is 10.7. The van der Waals surface area contributed by atoms with Crippen LogP contribution < -0.4 is 4.74 Å². The lowest BCUT2D eigenvalue weighted by molar-refractivity contribution is -0.0848. The molecule has 1 saturated carbocycles. The van der Waals surface area contributed by atoms with E-state index in [1.807, 2.05) is 65.0 Å². The molecule has 222 valence electrons. The number of likely N-dealkylation sites (tertiary alicyclic amines) is 1. The molecule has 7 heteroatoms. The summed E-state index contributed by atoms with van der Waals surface area (Å²) in [6.07, 6.45) is 2.85. The lowest BCUT2D eigenvalue weighted by Crippen LogP contribution is -2.69. The molecule has 4 aliphatic rings. The first-order valence-electron chi connectivity index (χ1n) is 15.6. The summed E-state index contributed by atoms with van der Waals surface area (Å²) < 4.78 is 37.1. The zero-order valence-electron chi connectivity index (χ0n) is 24.6. The Morgan fingerprint density at radius 1 is 1.00 bits per heavy atom. The van der Waals surface area contributed by atoms with E-state index in [1.165, 1.54) is 11.1 Å². The first-order valence-corrected chi connectivity index (χ1v) is 17.2. The summed E-state index contributed by atoms with van der Waals surface area (Å²) in [7, 11) is -3.58. The Morgan fingerprint density at radius 3 is 2.48 bits per heavy atom. The number of hydrogen-bond acceptors (Lipinski definition) is 5. The molecule has 2 bridgehead atoms. The van der Waals surface area contributed by atoms with Crippen LogP contribution in [-0.2, 0) is 27.6 Å². The van der Waals surface area contributed by atoms with Crippen molar-refractivity contribution in [3.63, 3.8) is 0 Å². The minimum Gasteiger partial charge on any atom is -0.487 e. The predicted octanol–water partition coefficient (Wildman–Crippen LogP) is 5.32. The van der Waals surface area contributed by atoms with Gasteiger partial charge < -0.3 is 9.84 Å². The summed E-state index contributed by atoms with van der Waals surface area (Å²) in [6.45, 7) is 6.17. The van der Waals surface area contributed by atoms with E-state index in [0.717, 1.165) is 49.1 Å². The van der Waals surface area contributed by atoms with Crippen molar-refractivity contribution in [1.82, 2.24) is 9.21 Å². The smallest absolute Gasteiger partial charge is 0.218 e. The number of ether oxygens (including phenoxy) is 1. The third-order valence-corrected chi connectivity index (χ3v) is 12.2. The van der Waals surface area contributed by atoms with E-state index in [9.17, 15) is 13.5 Å². The number of aliphatic hydroxyl groups is 1. The SMILES string of the molecule is CC(C)CN([C@H]1CC[C@H]2[C@H]3Cc4cccc5c4[C@@]2(CCN3CC(O)c2ccccc2)[C@H]1O5)S(=O)(=O)Cc1ccccc1. The van der Waals surface area contributed by atoms with Crippen molar-refractivity contribution in [2.45, 2.75) is 75.0 Å². The molecule has 6 atom stereocenters. The molecular formula is C35H42N2O4S. The van der Waals surface area contributed by atoms with Gasteiger partial charge in [0.25, 0.3) is 0 Å². The Kier molecular flexibility index (Phi) is 7.21. The fraction of sp³-hybridized carbons (Fsp3) is 0.486. The highest BCUT2D eigenvalue weighted by Gasteiger charge is 2.66. The Labute approximate surface area is 250 Å². The van der Waals surface area contributed by atoms with E-state index in [1.54, 1.807) is 0 Å². The maximum atomic E-state index is 14.2. The first-order chi connectivity index (χ1) is 20.3. The highest BCUT2D eigenvalue weighted by Crippen LogP contribution is 2.63. The number of hydrogen-bond donors (Lipinski definition) is 1. The molecule has 2 fully saturated rings. The maximum Gasteiger partial charge on any atom is 0.218 e. The van der Waals surface area contributed by atoms with Gasteiger partial charge >= 0.3 is 0 Å². The van der Waals surface area contributed by atoms with Crippen molar-refractivity contribution in [2.24, 2.45) is 11.8 Å². The minimum atomic E-state index is -3.58. The summed E-state index contributed by atoms with van der Waals surface area (Å²) in [6, 6.07) is 26.0. The highest BCUT2D eigenvalue weighted by atomic mass is 32.2. The lowest BCUT2D eigenvalue weighted by Gasteiger charge is -2.60. The van der Waals surface area contributed by atoms with Crippen molar-refractivity contribution in [2.75, 3.05) is 19.6 Å². The van der Waals surface area contributed by atoms with Crippen molar-refractivity contribution in [3.8, 4) is 5.75 Å². The molecule has 2 aliphatic heterocycles. The Bertz CT molecular complexity index is 1530. The molecule has 1 saturated heterocycles. The zero-order chi connectivity index (χ0) is 29.1. The van der Waals surface area contributed by atoms with Gasteiger partial charge in [-0.25, -0.2) is 8.42 Å². The molecule has 3 aromatic carbocycles. The van der Waals surface area contributed by atoms with Gasteiger partial charge in [0.1, 0.15) is 11.9 Å². The zero-order valence-corrected chi connectivity index (χ0v) is 25.4. The summed E-state index contributed by atoms with van der Waals surface area (Å²) in [5.74, 6) is 1.53. The first kappa shape index (κ1) is 28.1. The maximum absolute atomic E-state index is 14.2. The third kappa shape index (κ3) is 4.60. The van der Waals surface area contributed by atoms with Gasteiger partial charge in [0.15, 0.2) is 0 Å². The van der Waals surface area contributed by atoms with Gasteiger partial charge in [-0.3, -0.25) is 4.90 Å². The molecule has 7 rings (SSSR count). The van der Waals surface area contributed by atoms with Gasteiger partial charge in [-0.2, -0.15) is 4.31 Å². The summed E-state index contributed by atoms with van der Waals surface area (Å²) in [5, 5.41) is 11.2. The van der Waals surface area contributed by atoms with Crippen LogP contribution in [0, 0.1) is 11.8 Å². The van der Waals surface area contributed by atoms with Crippen LogP contribution in [0.15, 0.2) is 78.9 Å². The molecule has 1 N–H and O–H groups in total. The van der Waals surface area contributed by atoms with Gasteiger partial charge in [-0.1, -0.05) is 86.6 Å². The van der Waals surface area contributed by atoms with Gasteiger partial charge in [0, 0.05) is 30.1 Å². The lowest BCUT2D eigenvalue weighted by atomic mass is 9.51. The van der Waals surface area contributed by atoms with E-state index >= 15 is 0 Å². The van der Waals surface area contributed by atoms with Gasteiger partial charge in [0.05, 0.1) is 17.9 Å². The van der Waals surface area contributed by atoms with Crippen LogP contribution in [0.4, 0.5) is 0 Å². The third-order valence-electron chi connectivity index (χ3n) is 10.4. The van der Waals surface area contributed by atoms with E-state index in [0.29, 0.717) is 25.0 Å². The van der Waals surface area contributed by atoms with Gasteiger partial charge in [-0.15, -0.1) is 0 Å². The van der Waals surface area contributed by atoms with Crippen LogP contribution in [0.3, 0.4) is 0 Å². The fourth-order valence-electron chi connectivity index (χ4n) is 8.78. The van der Waals surface area contributed by atoms with Gasteiger partial charge in [-0.05, 0) is 66.8 Å². The second-order valence-electron chi connectivity index (χ2n) is 13.3. The highest BCUT2D eigenvalue weighted by molar-refractivity contribution is 7.88. The number of aliphatic hydroxyl groups excluding tert-OH is 1. The molecule has 2 aliphatic carbocycles. The van der Waals surface area contributed by atoms with Gasteiger partial charge in [0.2, 0.25) is 10.0 Å². The van der Waals surface area contributed by atoms with Crippen LogP contribution in [-0.4, -0.2) is 60.6 Å². The molecular weight excluding hydrogens is 544 g/mol. The van der Waals surface area contributed by atoms with Crippen LogP contribution in [0.1, 0.15) is 61.5 Å². The normalized spacial score (nSPS) is 28.9. The van der Waals surface area contributed by atoms with Crippen LogP contribution in [0.25, 0.3) is 0 Å². The summed E-state index contributed by atoms with van der Waals surface area (Å²) >= 11 is 0. The molecule has 2 heterocycles. The van der Waals surface area contributed by atoms with E-state index < -0.39 is 16.1 Å². The average molecular weight is 587 g/mol. The van der Waals surface area contributed by atoms with Crippen molar-refractivity contribution in [1.29, 1.82) is 0 Å². The van der Waals surface area contributed by atoms with Crippen molar-refractivity contribution in [3.05, 3.63) is 101 Å². The summed E-state index contributed by atoms with van der Waals surface area (Å²) in [5.41, 5.74) is 4.24.